The van der Waals surface area contributed by atoms with Crippen molar-refractivity contribution in [1.29, 1.82) is 0 Å². The van der Waals surface area contributed by atoms with Crippen LogP contribution in [0.25, 0.3) is 0 Å². The molecule has 4 atom stereocenters. The highest BCUT2D eigenvalue weighted by Crippen LogP contribution is 2.52. The minimum atomic E-state index is -1.58. The summed E-state index contributed by atoms with van der Waals surface area (Å²) in [7, 11) is 1.57. The van der Waals surface area contributed by atoms with Gasteiger partial charge in [-0.3, -0.25) is 4.79 Å². The third kappa shape index (κ3) is 3.49. The van der Waals surface area contributed by atoms with E-state index in [1.54, 1.807) is 70.9 Å². The Morgan fingerprint density at radius 3 is 2.35 bits per heavy atom. The van der Waals surface area contributed by atoms with Gasteiger partial charge in [0.05, 0.1) is 20.3 Å². The normalized spacial score (nSPS) is 33.4. The molecular formula is C22H29NO8. The number of methoxy groups -OCH3 is 1. The summed E-state index contributed by atoms with van der Waals surface area (Å²) in [6, 6.07) is 6.42. The van der Waals surface area contributed by atoms with Gasteiger partial charge in [0.1, 0.15) is 17.9 Å². The maximum atomic E-state index is 13.7. The van der Waals surface area contributed by atoms with Crippen molar-refractivity contribution in [3.63, 3.8) is 0 Å². The maximum absolute atomic E-state index is 13.7. The van der Waals surface area contributed by atoms with Crippen LogP contribution in [0, 0.1) is 0 Å². The number of carbonyl (C=O) groups excluding carboxylic acids is 2. The Kier molecular flexibility index (Phi) is 5.28. The van der Waals surface area contributed by atoms with Crippen molar-refractivity contribution in [2.45, 2.75) is 70.0 Å². The molecule has 0 aliphatic carbocycles. The van der Waals surface area contributed by atoms with Gasteiger partial charge in [-0.15, -0.1) is 0 Å². The first-order chi connectivity index (χ1) is 14.5. The van der Waals surface area contributed by atoms with E-state index in [0.29, 0.717) is 11.4 Å². The van der Waals surface area contributed by atoms with E-state index in [9.17, 15) is 9.59 Å². The third-order valence-electron chi connectivity index (χ3n) is 5.71. The van der Waals surface area contributed by atoms with Crippen LogP contribution in [0.3, 0.4) is 0 Å². The number of β-lactam (4-membered cyclic amide) rings is 1. The van der Waals surface area contributed by atoms with Gasteiger partial charge in [-0.2, -0.15) is 0 Å². The highest BCUT2D eigenvalue weighted by Gasteiger charge is 2.77. The molecule has 1 unspecified atom stereocenters. The zero-order chi connectivity index (χ0) is 22.6. The van der Waals surface area contributed by atoms with Gasteiger partial charge >= 0.3 is 5.97 Å². The number of anilines is 1. The second-order valence-electron chi connectivity index (χ2n) is 8.73. The number of esters is 1. The molecule has 1 aromatic rings. The summed E-state index contributed by atoms with van der Waals surface area (Å²) in [6.45, 7) is 9.04. The molecule has 1 spiro atoms. The minimum Gasteiger partial charge on any atom is -0.497 e. The number of ether oxygens (including phenoxy) is 6. The van der Waals surface area contributed by atoms with Gasteiger partial charge in [0, 0.05) is 5.69 Å². The largest absolute Gasteiger partial charge is 0.497 e. The van der Waals surface area contributed by atoms with Gasteiger partial charge < -0.3 is 33.3 Å². The number of nitrogens with zero attached hydrogens (tertiary/aromatic N) is 1. The Labute approximate surface area is 181 Å². The summed E-state index contributed by atoms with van der Waals surface area (Å²) in [5.41, 5.74) is -0.949. The topological polar surface area (TPSA) is 92.8 Å². The fourth-order valence-electron chi connectivity index (χ4n) is 4.57. The van der Waals surface area contributed by atoms with Crippen LogP contribution in [0.4, 0.5) is 5.69 Å². The van der Waals surface area contributed by atoms with E-state index in [1.807, 2.05) is 0 Å². The SMILES string of the molecule is CCOC(=O)[C@@H]1OC(C)(C)O[C@]12C(=O)N(c1ccc(OC)cc1)[C@H]2C1COC(C)(C)O1. The van der Waals surface area contributed by atoms with Gasteiger partial charge in [0.15, 0.2) is 17.7 Å². The molecule has 0 N–H and O–H groups in total. The fraction of sp³-hybridized carbons (Fsp3) is 0.636. The summed E-state index contributed by atoms with van der Waals surface area (Å²) in [4.78, 5) is 28.1. The van der Waals surface area contributed by atoms with Crippen molar-refractivity contribution in [1.82, 2.24) is 0 Å². The standard InChI is InChI=1S/C22H29NO8/c1-7-27-18(24)17-22(31-21(4,5)30-17)16(15-12-28-20(2,3)29-15)23(19(22)25)13-8-10-14(26-6)11-9-13/h8-11,15-17H,7,12H2,1-6H3/t15?,16-,17-,22-/m0/s1. The van der Waals surface area contributed by atoms with Crippen LogP contribution in [0.5, 0.6) is 5.75 Å². The second kappa shape index (κ2) is 7.44. The lowest BCUT2D eigenvalue weighted by atomic mass is 9.74. The van der Waals surface area contributed by atoms with Crippen molar-refractivity contribution >= 4 is 17.6 Å². The summed E-state index contributed by atoms with van der Waals surface area (Å²) < 4.78 is 34.4. The molecule has 3 heterocycles. The first-order valence-electron chi connectivity index (χ1n) is 10.4. The average molecular weight is 435 g/mol. The summed E-state index contributed by atoms with van der Waals surface area (Å²) >= 11 is 0. The molecule has 9 heteroatoms. The summed E-state index contributed by atoms with van der Waals surface area (Å²) in [5.74, 6) is -2.36. The highest BCUT2D eigenvalue weighted by molar-refractivity contribution is 6.12. The monoisotopic (exact) mass is 435 g/mol. The van der Waals surface area contributed by atoms with Gasteiger partial charge in [-0.1, -0.05) is 0 Å². The molecular weight excluding hydrogens is 406 g/mol. The highest BCUT2D eigenvalue weighted by atomic mass is 16.8. The fourth-order valence-corrected chi connectivity index (χ4v) is 4.57. The van der Waals surface area contributed by atoms with E-state index in [4.69, 9.17) is 28.4 Å². The Morgan fingerprint density at radius 2 is 1.81 bits per heavy atom. The van der Waals surface area contributed by atoms with Crippen LogP contribution >= 0.6 is 0 Å². The number of hydrogen-bond acceptors (Lipinski definition) is 8. The predicted molar refractivity (Wildman–Crippen MR) is 109 cm³/mol. The van der Waals surface area contributed by atoms with Gasteiger partial charge in [0.2, 0.25) is 5.60 Å². The van der Waals surface area contributed by atoms with Crippen LogP contribution in [0.2, 0.25) is 0 Å². The smallest absolute Gasteiger partial charge is 0.339 e. The van der Waals surface area contributed by atoms with Crippen molar-refractivity contribution in [2.75, 3.05) is 25.2 Å². The Hall–Kier alpha value is -2.20. The molecule has 0 bridgehead atoms. The van der Waals surface area contributed by atoms with E-state index < -0.39 is 41.4 Å². The van der Waals surface area contributed by atoms with Crippen molar-refractivity contribution in [3.8, 4) is 5.75 Å². The molecule has 4 rings (SSSR count). The lowest BCUT2D eigenvalue weighted by Crippen LogP contribution is -2.82. The first-order valence-corrected chi connectivity index (χ1v) is 10.4. The van der Waals surface area contributed by atoms with Crippen LogP contribution in [0.1, 0.15) is 34.6 Å². The Bertz CT molecular complexity index is 867. The molecule has 0 aromatic heterocycles. The summed E-state index contributed by atoms with van der Waals surface area (Å²) in [5, 5.41) is 0. The van der Waals surface area contributed by atoms with Crippen LogP contribution in [-0.4, -0.2) is 67.6 Å². The molecule has 0 radical (unpaired) electrons. The van der Waals surface area contributed by atoms with Crippen LogP contribution in [0.15, 0.2) is 24.3 Å². The number of carbonyl (C=O) groups is 2. The van der Waals surface area contributed by atoms with E-state index >= 15 is 0 Å². The molecule has 3 aliphatic heterocycles. The molecule has 3 saturated heterocycles. The number of rotatable bonds is 5. The lowest BCUT2D eigenvalue weighted by molar-refractivity contribution is -0.201. The third-order valence-corrected chi connectivity index (χ3v) is 5.71. The lowest BCUT2D eigenvalue weighted by Gasteiger charge is -2.55. The van der Waals surface area contributed by atoms with Gasteiger partial charge in [-0.25, -0.2) is 4.79 Å². The first kappa shape index (κ1) is 22.0. The van der Waals surface area contributed by atoms with E-state index in [2.05, 4.69) is 0 Å². The summed E-state index contributed by atoms with van der Waals surface area (Å²) in [6.07, 6.45) is -1.76. The van der Waals surface area contributed by atoms with Crippen molar-refractivity contribution < 1.29 is 38.0 Å². The van der Waals surface area contributed by atoms with Gasteiger partial charge in [-0.05, 0) is 58.9 Å². The van der Waals surface area contributed by atoms with Crippen molar-refractivity contribution in [3.05, 3.63) is 24.3 Å². The van der Waals surface area contributed by atoms with Crippen molar-refractivity contribution in [2.24, 2.45) is 0 Å². The molecule has 9 nitrogen and oxygen atoms in total. The molecule has 3 aliphatic rings. The van der Waals surface area contributed by atoms with Crippen LogP contribution in [-0.2, 0) is 33.3 Å². The zero-order valence-corrected chi connectivity index (χ0v) is 18.7. The van der Waals surface area contributed by atoms with E-state index in [-0.39, 0.29) is 19.1 Å². The molecule has 3 fully saturated rings. The van der Waals surface area contributed by atoms with Crippen LogP contribution < -0.4 is 9.64 Å². The van der Waals surface area contributed by atoms with E-state index in [0.717, 1.165) is 0 Å². The Balaban J connectivity index is 1.77. The Morgan fingerprint density at radius 1 is 1.13 bits per heavy atom. The quantitative estimate of drug-likeness (QED) is 0.512. The number of hydrogen-bond donors (Lipinski definition) is 0. The van der Waals surface area contributed by atoms with E-state index in [1.165, 1.54) is 0 Å². The van der Waals surface area contributed by atoms with Gasteiger partial charge in [0.25, 0.3) is 5.91 Å². The molecule has 31 heavy (non-hydrogen) atoms. The molecule has 1 amide bonds. The minimum absolute atomic E-state index is 0.159. The maximum Gasteiger partial charge on any atom is 0.339 e. The molecule has 0 saturated carbocycles. The average Bonchev–Trinajstić information content (AvgIpc) is 3.22. The number of benzene rings is 1. The number of amides is 1. The second-order valence-corrected chi connectivity index (χ2v) is 8.73. The molecule has 170 valence electrons. The molecule has 1 aromatic carbocycles. The zero-order valence-electron chi connectivity index (χ0n) is 18.7. The predicted octanol–water partition coefficient (Wildman–Crippen LogP) is 2.02.